The highest BCUT2D eigenvalue weighted by Crippen LogP contribution is 2.37. The summed E-state index contributed by atoms with van der Waals surface area (Å²) in [4.78, 5) is 17.6. The van der Waals surface area contributed by atoms with E-state index < -0.39 is 5.97 Å². The lowest BCUT2D eigenvalue weighted by Crippen LogP contribution is -2.28. The number of benzene rings is 2. The van der Waals surface area contributed by atoms with Crippen LogP contribution in [0.25, 0.3) is 0 Å². The van der Waals surface area contributed by atoms with Crippen LogP contribution < -0.4 is 15.0 Å². The van der Waals surface area contributed by atoms with Gasteiger partial charge in [-0.2, -0.15) is 0 Å². The third-order valence-electron chi connectivity index (χ3n) is 4.12. The van der Waals surface area contributed by atoms with Crippen molar-refractivity contribution in [3.63, 3.8) is 0 Å². The molecule has 33 heavy (non-hydrogen) atoms. The molecule has 1 N–H and O–H groups in total. The van der Waals surface area contributed by atoms with Gasteiger partial charge in [-0.05, 0) is 59.1 Å². The summed E-state index contributed by atoms with van der Waals surface area (Å²) in [5, 5.41) is 0.569. The maximum Gasteiger partial charge on any atom is 0.343 e. The highest BCUT2D eigenvalue weighted by molar-refractivity contribution is 6.37. The van der Waals surface area contributed by atoms with E-state index in [1.165, 1.54) is 12.1 Å². The summed E-state index contributed by atoms with van der Waals surface area (Å²) < 4.78 is 16.6. The molecule has 2 rings (SSSR count). The molecule has 2 aromatic rings. The maximum absolute atomic E-state index is 12.2. The van der Waals surface area contributed by atoms with E-state index in [2.05, 4.69) is 5.48 Å². The van der Waals surface area contributed by atoms with E-state index in [0.29, 0.717) is 24.5 Å². The lowest BCUT2D eigenvalue weighted by atomic mass is 10.2. The third-order valence-corrected chi connectivity index (χ3v) is 4.68. The van der Waals surface area contributed by atoms with Gasteiger partial charge in [-0.1, -0.05) is 41.4 Å². The largest absolute Gasteiger partial charge is 0.499 e. The fraction of sp³-hybridized carbons (Fsp3) is 0.400. The van der Waals surface area contributed by atoms with Gasteiger partial charge in [0, 0.05) is 12.1 Å². The Kier molecular flexibility index (Phi) is 10.8. The van der Waals surface area contributed by atoms with Crippen LogP contribution in [0, 0.1) is 0 Å². The zero-order valence-electron chi connectivity index (χ0n) is 19.5. The quantitative estimate of drug-likeness (QED) is 0.113. The summed E-state index contributed by atoms with van der Waals surface area (Å²) in [7, 11) is 0. The van der Waals surface area contributed by atoms with Gasteiger partial charge in [-0.25, -0.2) is 4.79 Å². The van der Waals surface area contributed by atoms with Crippen LogP contribution in [0.1, 0.15) is 57.3 Å². The van der Waals surface area contributed by atoms with Crippen LogP contribution in [-0.4, -0.2) is 24.8 Å². The topological polar surface area (TPSA) is 66.0 Å². The second kappa shape index (κ2) is 13.3. The molecule has 0 atom stereocenters. The Morgan fingerprint density at radius 1 is 1.00 bits per heavy atom. The molecule has 0 aliphatic carbocycles. The molecule has 0 spiro atoms. The van der Waals surface area contributed by atoms with Crippen LogP contribution in [0.15, 0.2) is 54.4 Å². The molecule has 0 aromatic heterocycles. The molecule has 0 aliphatic rings. The molecule has 0 unspecified atom stereocenters. The van der Waals surface area contributed by atoms with Crippen molar-refractivity contribution in [2.45, 2.75) is 52.6 Å². The minimum absolute atomic E-state index is 0.258. The smallest absolute Gasteiger partial charge is 0.343 e. The number of hydrogen-bond donors (Lipinski definition) is 1. The summed E-state index contributed by atoms with van der Waals surface area (Å²) in [5.74, 6) is 0.146. The van der Waals surface area contributed by atoms with Gasteiger partial charge in [0.15, 0.2) is 5.75 Å². The zero-order valence-corrected chi connectivity index (χ0v) is 21.0. The summed E-state index contributed by atoms with van der Waals surface area (Å²) in [5.41, 5.74) is 3.82. The van der Waals surface area contributed by atoms with E-state index >= 15 is 0 Å². The molecule has 0 aliphatic heterocycles. The molecule has 8 heteroatoms. The van der Waals surface area contributed by atoms with E-state index in [9.17, 15) is 4.79 Å². The Balaban J connectivity index is 1.69. The average molecular weight is 496 g/mol. The molecule has 0 fully saturated rings. The Labute approximate surface area is 205 Å². The van der Waals surface area contributed by atoms with E-state index in [-0.39, 0.29) is 21.4 Å². The number of allylic oxidation sites excluding steroid dienone is 1. The molecule has 6 nitrogen and oxygen atoms in total. The van der Waals surface area contributed by atoms with Crippen LogP contribution in [0.3, 0.4) is 0 Å². The second-order valence-corrected chi connectivity index (χ2v) is 9.18. The minimum Gasteiger partial charge on any atom is -0.499 e. The molecular formula is C25H31Cl2NO5. The van der Waals surface area contributed by atoms with Gasteiger partial charge >= 0.3 is 5.97 Å². The first-order chi connectivity index (χ1) is 15.7. The van der Waals surface area contributed by atoms with Crippen molar-refractivity contribution in [1.29, 1.82) is 0 Å². The van der Waals surface area contributed by atoms with Crippen molar-refractivity contribution in [3.05, 3.63) is 70.0 Å². The van der Waals surface area contributed by atoms with E-state index in [0.717, 1.165) is 25.0 Å². The highest BCUT2D eigenvalue weighted by Gasteiger charge is 2.14. The van der Waals surface area contributed by atoms with Gasteiger partial charge in [0.2, 0.25) is 0 Å². The Hall–Kier alpha value is -2.41. The number of esters is 1. The second-order valence-electron chi connectivity index (χ2n) is 8.37. The summed E-state index contributed by atoms with van der Waals surface area (Å²) in [6, 6.07) is 11.7. The molecular weight excluding hydrogens is 465 g/mol. The Morgan fingerprint density at radius 2 is 1.64 bits per heavy atom. The predicted molar refractivity (Wildman–Crippen MR) is 131 cm³/mol. The number of carbonyl (C=O) groups excluding carboxylic acids is 1. The minimum atomic E-state index is -0.485. The Bertz CT molecular complexity index is 903. The van der Waals surface area contributed by atoms with Crippen molar-refractivity contribution in [1.82, 2.24) is 5.48 Å². The molecule has 180 valence electrons. The van der Waals surface area contributed by atoms with Crippen molar-refractivity contribution >= 4 is 29.2 Å². The lowest BCUT2D eigenvalue weighted by Gasteiger charge is -2.19. The molecule has 0 saturated carbocycles. The normalized spacial score (nSPS) is 11.8. The first-order valence-corrected chi connectivity index (χ1v) is 11.5. The SMILES string of the molecule is CC(=COCCCCCOc1c(Cl)cc(OC(=O)c2ccccc2)cc1Cl)NOC(C)(C)C. The molecule has 0 bridgehead atoms. The molecule has 0 saturated heterocycles. The van der Waals surface area contributed by atoms with E-state index in [4.69, 9.17) is 42.3 Å². The van der Waals surface area contributed by atoms with Crippen molar-refractivity contribution in [2.75, 3.05) is 13.2 Å². The lowest BCUT2D eigenvalue weighted by molar-refractivity contribution is -0.0589. The first kappa shape index (κ1) is 26.8. The number of unbranched alkanes of at least 4 members (excludes halogenated alkanes) is 2. The summed E-state index contributed by atoms with van der Waals surface area (Å²) >= 11 is 12.6. The number of nitrogens with one attached hydrogen (secondary N) is 1. The van der Waals surface area contributed by atoms with Crippen molar-refractivity contribution < 1.29 is 23.8 Å². The molecule has 0 heterocycles. The van der Waals surface area contributed by atoms with Gasteiger partial charge in [-0.3, -0.25) is 10.3 Å². The van der Waals surface area contributed by atoms with Gasteiger partial charge in [-0.15, -0.1) is 0 Å². The van der Waals surface area contributed by atoms with Crippen LogP contribution >= 0.6 is 23.2 Å². The predicted octanol–water partition coefficient (Wildman–Crippen LogP) is 6.96. The number of ether oxygens (including phenoxy) is 3. The number of rotatable bonds is 12. The molecule has 2 aromatic carbocycles. The average Bonchev–Trinajstić information content (AvgIpc) is 2.75. The van der Waals surface area contributed by atoms with E-state index in [1.54, 1.807) is 30.5 Å². The van der Waals surface area contributed by atoms with Gasteiger partial charge in [0.1, 0.15) is 12.0 Å². The van der Waals surface area contributed by atoms with Crippen LogP contribution in [0.2, 0.25) is 10.0 Å². The fourth-order valence-corrected chi connectivity index (χ4v) is 3.13. The zero-order chi connectivity index (χ0) is 24.3. The van der Waals surface area contributed by atoms with Crippen LogP contribution in [-0.2, 0) is 9.57 Å². The van der Waals surface area contributed by atoms with Gasteiger partial charge < -0.3 is 14.2 Å². The molecule has 0 radical (unpaired) electrons. The van der Waals surface area contributed by atoms with Crippen molar-refractivity contribution in [3.8, 4) is 11.5 Å². The molecule has 0 amide bonds. The monoisotopic (exact) mass is 495 g/mol. The highest BCUT2D eigenvalue weighted by atomic mass is 35.5. The summed E-state index contributed by atoms with van der Waals surface area (Å²) in [6.45, 7) is 8.82. The number of hydrogen-bond acceptors (Lipinski definition) is 6. The number of hydroxylamine groups is 1. The maximum atomic E-state index is 12.2. The van der Waals surface area contributed by atoms with Crippen LogP contribution in [0.5, 0.6) is 11.5 Å². The first-order valence-electron chi connectivity index (χ1n) is 10.8. The standard InChI is InChI=1S/C25H31Cl2NO5/c1-18(28-33-25(2,3)4)17-30-13-9-6-10-14-31-23-21(26)15-20(16-22(23)27)32-24(29)19-11-7-5-8-12-19/h5,7-8,11-12,15-17,28H,6,9-10,13-14H2,1-4H3. The number of carbonyl (C=O) groups is 1. The van der Waals surface area contributed by atoms with Gasteiger partial charge in [0.05, 0.1) is 40.1 Å². The fourth-order valence-electron chi connectivity index (χ4n) is 2.55. The third kappa shape index (κ3) is 10.4. The van der Waals surface area contributed by atoms with Crippen molar-refractivity contribution in [2.24, 2.45) is 0 Å². The van der Waals surface area contributed by atoms with E-state index in [1.807, 2.05) is 33.8 Å². The Morgan fingerprint density at radius 3 is 2.27 bits per heavy atom. The number of halogens is 2. The van der Waals surface area contributed by atoms with Crippen LogP contribution in [0.4, 0.5) is 0 Å². The van der Waals surface area contributed by atoms with Gasteiger partial charge in [0.25, 0.3) is 0 Å². The summed E-state index contributed by atoms with van der Waals surface area (Å²) in [6.07, 6.45) is 4.26.